The highest BCUT2D eigenvalue weighted by Gasteiger charge is 2.38. The van der Waals surface area contributed by atoms with E-state index in [2.05, 4.69) is 10.2 Å². The van der Waals surface area contributed by atoms with Gasteiger partial charge < -0.3 is 10.0 Å². The number of aromatic hydroxyl groups is 1. The van der Waals surface area contributed by atoms with Crippen LogP contribution >= 0.6 is 0 Å². The van der Waals surface area contributed by atoms with Gasteiger partial charge in [-0.15, -0.1) is 0 Å². The van der Waals surface area contributed by atoms with Crippen LogP contribution in [0.4, 0.5) is 0 Å². The Balaban J connectivity index is 1.91. The molecule has 1 unspecified atom stereocenters. The standard InChI is InChI=1S/C18H21N3O6S/c1-28(25,26)27-15(10-12-6-3-2-4-7-12)13-8-5-9-21(13)18(24)16-17(23)14(22)11-19-20-16/h2-4,6-7,11,13,15H,5,8-10H2,1H3,(H,19,23)(H,20,22)/t13-,15?/m1/s1. The molecule has 1 saturated heterocycles. The molecule has 10 heteroatoms. The number of amides is 1. The summed E-state index contributed by atoms with van der Waals surface area (Å²) in [6.45, 7) is 0.346. The number of benzene rings is 1. The van der Waals surface area contributed by atoms with Gasteiger partial charge in [0.2, 0.25) is 5.43 Å². The molecule has 2 heterocycles. The van der Waals surface area contributed by atoms with E-state index in [9.17, 15) is 23.1 Å². The monoisotopic (exact) mass is 407 g/mol. The third-order valence-corrected chi connectivity index (χ3v) is 5.21. The number of hydrogen-bond donors (Lipinski definition) is 2. The Morgan fingerprint density at radius 2 is 2.11 bits per heavy atom. The predicted octanol–water partition coefficient (Wildman–Crippen LogP) is 0.668. The van der Waals surface area contributed by atoms with E-state index in [1.165, 1.54) is 4.90 Å². The highest BCUT2D eigenvalue weighted by molar-refractivity contribution is 7.86. The van der Waals surface area contributed by atoms with Crippen molar-refractivity contribution in [3.63, 3.8) is 0 Å². The van der Waals surface area contributed by atoms with E-state index in [4.69, 9.17) is 4.18 Å². The van der Waals surface area contributed by atoms with Crippen LogP contribution in [0.2, 0.25) is 0 Å². The van der Waals surface area contributed by atoms with Crippen LogP contribution in [0.3, 0.4) is 0 Å². The van der Waals surface area contributed by atoms with Crippen molar-refractivity contribution >= 4 is 16.0 Å². The largest absolute Gasteiger partial charge is 0.502 e. The summed E-state index contributed by atoms with van der Waals surface area (Å²) >= 11 is 0. The highest BCUT2D eigenvalue weighted by Crippen LogP contribution is 2.27. The maximum atomic E-state index is 12.9. The van der Waals surface area contributed by atoms with Gasteiger partial charge in [-0.1, -0.05) is 30.3 Å². The van der Waals surface area contributed by atoms with E-state index in [1.54, 1.807) is 0 Å². The zero-order valence-corrected chi connectivity index (χ0v) is 16.1. The molecule has 2 N–H and O–H groups in total. The molecular weight excluding hydrogens is 386 g/mol. The summed E-state index contributed by atoms with van der Waals surface area (Å²) in [5.74, 6) is -1.34. The summed E-state index contributed by atoms with van der Waals surface area (Å²) in [4.78, 5) is 25.9. The zero-order chi connectivity index (χ0) is 20.3. The van der Waals surface area contributed by atoms with Crippen molar-refractivity contribution in [1.82, 2.24) is 15.1 Å². The average molecular weight is 407 g/mol. The zero-order valence-electron chi connectivity index (χ0n) is 15.2. The number of aromatic nitrogens is 2. The fraction of sp³-hybridized carbons (Fsp3) is 0.389. The van der Waals surface area contributed by atoms with Gasteiger partial charge in [0.05, 0.1) is 18.5 Å². The van der Waals surface area contributed by atoms with Crippen LogP contribution in [0.25, 0.3) is 0 Å². The summed E-state index contributed by atoms with van der Waals surface area (Å²) in [6, 6.07) is 8.69. The quantitative estimate of drug-likeness (QED) is 0.673. The second-order valence-electron chi connectivity index (χ2n) is 6.69. The van der Waals surface area contributed by atoms with Crippen molar-refractivity contribution in [3.8, 4) is 5.75 Å². The smallest absolute Gasteiger partial charge is 0.276 e. The van der Waals surface area contributed by atoms with Crippen LogP contribution in [-0.4, -0.2) is 59.5 Å². The Labute approximate surface area is 162 Å². The number of carbonyl (C=O) groups is 1. The topological polar surface area (TPSA) is 130 Å². The third kappa shape index (κ3) is 4.57. The Morgan fingerprint density at radius 1 is 1.39 bits per heavy atom. The van der Waals surface area contributed by atoms with E-state index in [0.29, 0.717) is 19.4 Å². The van der Waals surface area contributed by atoms with Crippen LogP contribution < -0.4 is 5.43 Å². The lowest BCUT2D eigenvalue weighted by atomic mass is 10.00. The fourth-order valence-electron chi connectivity index (χ4n) is 3.42. The van der Waals surface area contributed by atoms with E-state index in [1.807, 2.05) is 30.3 Å². The summed E-state index contributed by atoms with van der Waals surface area (Å²) < 4.78 is 28.9. The van der Waals surface area contributed by atoms with Gasteiger partial charge in [-0.3, -0.25) is 18.9 Å². The Hall–Kier alpha value is -2.72. The molecular formula is C18H21N3O6S. The van der Waals surface area contributed by atoms with Crippen molar-refractivity contribution in [3.05, 3.63) is 58.0 Å². The van der Waals surface area contributed by atoms with Crippen molar-refractivity contribution in [1.29, 1.82) is 0 Å². The molecule has 1 amide bonds. The molecule has 2 aromatic rings. The summed E-state index contributed by atoms with van der Waals surface area (Å²) in [6.07, 6.45) is 2.51. The van der Waals surface area contributed by atoms with Crippen LogP contribution in [0.1, 0.15) is 28.9 Å². The Bertz CT molecular complexity index is 1010. The van der Waals surface area contributed by atoms with Gasteiger partial charge in [-0.25, -0.2) is 0 Å². The Morgan fingerprint density at radius 3 is 2.79 bits per heavy atom. The lowest BCUT2D eigenvalue weighted by molar-refractivity contribution is 0.0560. The number of carbonyl (C=O) groups excluding carboxylic acids is 1. The number of likely N-dealkylation sites (tertiary alicyclic amines) is 1. The predicted molar refractivity (Wildman–Crippen MR) is 100 cm³/mol. The molecule has 2 atom stereocenters. The van der Waals surface area contributed by atoms with Crippen LogP contribution in [0.15, 0.2) is 41.3 Å². The molecule has 0 aliphatic carbocycles. The maximum Gasteiger partial charge on any atom is 0.276 e. The van der Waals surface area contributed by atoms with Crippen molar-refractivity contribution in [2.75, 3.05) is 12.8 Å². The molecule has 1 fully saturated rings. The minimum absolute atomic E-state index is 0.290. The maximum absolute atomic E-state index is 12.9. The first-order chi connectivity index (χ1) is 13.3. The van der Waals surface area contributed by atoms with Gasteiger partial charge in [0.15, 0.2) is 11.4 Å². The van der Waals surface area contributed by atoms with Crippen molar-refractivity contribution in [2.24, 2.45) is 0 Å². The molecule has 3 rings (SSSR count). The normalized spacial score (nSPS) is 18.2. The van der Waals surface area contributed by atoms with Crippen LogP contribution in [-0.2, 0) is 20.7 Å². The molecule has 1 aromatic carbocycles. The van der Waals surface area contributed by atoms with Crippen LogP contribution in [0, 0.1) is 0 Å². The van der Waals surface area contributed by atoms with E-state index >= 15 is 0 Å². The SMILES string of the molecule is CS(=O)(=O)OC(Cc1ccccc1)[C@H]1CCCN1C(=O)c1[nH]ncc(=O)c1O. The first-order valence-electron chi connectivity index (χ1n) is 8.76. The molecule has 28 heavy (non-hydrogen) atoms. The number of nitrogens with zero attached hydrogens (tertiary/aromatic N) is 2. The lowest BCUT2D eigenvalue weighted by Crippen LogP contribution is -2.46. The molecule has 1 aliphatic rings. The minimum atomic E-state index is -3.77. The van der Waals surface area contributed by atoms with Gasteiger partial charge in [-0.05, 0) is 18.4 Å². The van der Waals surface area contributed by atoms with Crippen molar-refractivity contribution < 1.29 is 22.5 Å². The van der Waals surface area contributed by atoms with E-state index < -0.39 is 39.3 Å². The van der Waals surface area contributed by atoms with Crippen LogP contribution in [0.5, 0.6) is 5.75 Å². The minimum Gasteiger partial charge on any atom is -0.502 e. The first-order valence-corrected chi connectivity index (χ1v) is 10.6. The summed E-state index contributed by atoms with van der Waals surface area (Å²) in [5.41, 5.74) is -0.226. The fourth-order valence-corrected chi connectivity index (χ4v) is 4.07. The first kappa shape index (κ1) is 20.0. The van der Waals surface area contributed by atoms with Gasteiger partial charge in [0.25, 0.3) is 16.0 Å². The van der Waals surface area contributed by atoms with E-state index in [-0.39, 0.29) is 12.1 Å². The van der Waals surface area contributed by atoms with Gasteiger partial charge in [0, 0.05) is 13.0 Å². The molecule has 0 bridgehead atoms. The number of rotatable bonds is 6. The average Bonchev–Trinajstić information content (AvgIpc) is 3.12. The molecule has 0 saturated carbocycles. The molecule has 150 valence electrons. The highest BCUT2D eigenvalue weighted by atomic mass is 32.2. The third-order valence-electron chi connectivity index (χ3n) is 4.61. The summed E-state index contributed by atoms with van der Waals surface area (Å²) in [5, 5.41) is 15.8. The second-order valence-corrected chi connectivity index (χ2v) is 8.30. The van der Waals surface area contributed by atoms with Gasteiger partial charge in [0.1, 0.15) is 6.10 Å². The van der Waals surface area contributed by atoms with Crippen molar-refractivity contribution in [2.45, 2.75) is 31.4 Å². The lowest BCUT2D eigenvalue weighted by Gasteiger charge is -2.31. The molecule has 9 nitrogen and oxygen atoms in total. The number of nitrogens with one attached hydrogen (secondary N) is 1. The van der Waals surface area contributed by atoms with Gasteiger partial charge >= 0.3 is 0 Å². The molecule has 0 spiro atoms. The van der Waals surface area contributed by atoms with E-state index in [0.717, 1.165) is 18.0 Å². The molecule has 1 aliphatic heterocycles. The number of aromatic amines is 1. The molecule has 1 aromatic heterocycles. The Kier molecular flexibility index (Phi) is 5.80. The second kappa shape index (κ2) is 8.11. The number of hydrogen-bond acceptors (Lipinski definition) is 7. The number of H-pyrrole nitrogens is 1. The molecule has 0 radical (unpaired) electrons. The van der Waals surface area contributed by atoms with Gasteiger partial charge in [-0.2, -0.15) is 13.5 Å². The summed E-state index contributed by atoms with van der Waals surface area (Å²) in [7, 11) is -3.77.